The molecule has 1 heterocycles. The minimum atomic E-state index is -3.80. The van der Waals surface area contributed by atoms with Crippen LogP contribution in [0, 0.1) is 0 Å². The van der Waals surface area contributed by atoms with Crippen LogP contribution in [0.15, 0.2) is 70.0 Å². The standard InChI is InChI=1S/C21H16Cl2N2O4S/c1-28-19-10-13(21-24-17-4-2-3-5-20(17)30(26,27)25-21)7-9-18(19)29-12-14-6-8-15(22)11-16(14)23/h2-11H,12H2,1H3,(H,24,25). The van der Waals surface area contributed by atoms with E-state index in [4.69, 9.17) is 32.7 Å². The summed E-state index contributed by atoms with van der Waals surface area (Å²) in [7, 11) is -2.29. The van der Waals surface area contributed by atoms with Crippen molar-refractivity contribution < 1.29 is 17.9 Å². The topological polar surface area (TPSA) is 77.0 Å². The molecular formula is C21H16Cl2N2O4S. The van der Waals surface area contributed by atoms with E-state index in [1.165, 1.54) is 13.2 Å². The Balaban J connectivity index is 1.61. The molecule has 0 bridgehead atoms. The highest BCUT2D eigenvalue weighted by Gasteiger charge is 2.25. The number of anilines is 1. The predicted molar refractivity (Wildman–Crippen MR) is 118 cm³/mol. The summed E-state index contributed by atoms with van der Waals surface area (Å²) in [6.45, 7) is 0.215. The van der Waals surface area contributed by atoms with E-state index < -0.39 is 10.0 Å². The number of para-hydroxylation sites is 1. The van der Waals surface area contributed by atoms with E-state index in [0.717, 1.165) is 5.56 Å². The van der Waals surface area contributed by atoms with Gasteiger partial charge in [0.25, 0.3) is 10.0 Å². The van der Waals surface area contributed by atoms with Crippen molar-refractivity contribution in [1.29, 1.82) is 0 Å². The SMILES string of the molecule is COc1cc(C2=NS(=O)(=O)c3ccccc3N2)ccc1OCc1ccc(Cl)cc1Cl. The van der Waals surface area contributed by atoms with Gasteiger partial charge in [-0.15, -0.1) is 4.40 Å². The Morgan fingerprint density at radius 2 is 1.80 bits per heavy atom. The van der Waals surface area contributed by atoms with Gasteiger partial charge in [-0.25, -0.2) is 0 Å². The van der Waals surface area contributed by atoms with Crippen LogP contribution < -0.4 is 14.8 Å². The molecule has 9 heteroatoms. The number of fused-ring (bicyclic) bond motifs is 1. The molecular weight excluding hydrogens is 447 g/mol. The van der Waals surface area contributed by atoms with E-state index in [1.807, 2.05) is 0 Å². The third kappa shape index (κ3) is 4.09. The number of methoxy groups -OCH3 is 1. The van der Waals surface area contributed by atoms with Gasteiger partial charge in [0.05, 0.1) is 12.8 Å². The second-order valence-electron chi connectivity index (χ2n) is 6.43. The fraction of sp³-hybridized carbons (Fsp3) is 0.0952. The Bertz CT molecular complexity index is 1260. The molecule has 0 spiro atoms. The highest BCUT2D eigenvalue weighted by atomic mass is 35.5. The summed E-state index contributed by atoms with van der Waals surface area (Å²) in [5.41, 5.74) is 1.79. The fourth-order valence-electron chi connectivity index (χ4n) is 2.97. The van der Waals surface area contributed by atoms with Crippen molar-refractivity contribution in [2.45, 2.75) is 11.5 Å². The molecule has 1 aliphatic heterocycles. The molecule has 1 N–H and O–H groups in total. The third-order valence-electron chi connectivity index (χ3n) is 4.46. The van der Waals surface area contributed by atoms with Gasteiger partial charge in [0.15, 0.2) is 17.3 Å². The lowest BCUT2D eigenvalue weighted by Gasteiger charge is -2.19. The molecule has 0 fully saturated rings. The van der Waals surface area contributed by atoms with Gasteiger partial charge in [0.1, 0.15) is 11.5 Å². The smallest absolute Gasteiger partial charge is 0.286 e. The maximum absolute atomic E-state index is 12.5. The monoisotopic (exact) mass is 462 g/mol. The lowest BCUT2D eigenvalue weighted by atomic mass is 10.1. The van der Waals surface area contributed by atoms with E-state index in [1.54, 1.807) is 54.6 Å². The fourth-order valence-corrected chi connectivity index (χ4v) is 4.57. The van der Waals surface area contributed by atoms with Gasteiger partial charge in [-0.05, 0) is 42.5 Å². The molecule has 30 heavy (non-hydrogen) atoms. The van der Waals surface area contributed by atoms with Crippen LogP contribution in [0.25, 0.3) is 0 Å². The Kier molecular flexibility index (Phi) is 5.60. The number of rotatable bonds is 5. The normalized spacial score (nSPS) is 14.3. The minimum Gasteiger partial charge on any atom is -0.493 e. The van der Waals surface area contributed by atoms with Gasteiger partial charge < -0.3 is 14.8 Å². The van der Waals surface area contributed by atoms with Gasteiger partial charge in [-0.2, -0.15) is 8.42 Å². The summed E-state index contributed by atoms with van der Waals surface area (Å²) in [4.78, 5) is 0.139. The first-order chi connectivity index (χ1) is 14.4. The molecule has 0 amide bonds. The van der Waals surface area contributed by atoms with Gasteiger partial charge in [-0.1, -0.05) is 41.4 Å². The van der Waals surface area contributed by atoms with E-state index in [0.29, 0.717) is 32.8 Å². The molecule has 0 atom stereocenters. The summed E-state index contributed by atoms with van der Waals surface area (Å²) in [6, 6.07) is 16.8. The zero-order chi connectivity index (χ0) is 21.3. The summed E-state index contributed by atoms with van der Waals surface area (Å²) >= 11 is 12.1. The van der Waals surface area contributed by atoms with Crippen molar-refractivity contribution in [3.63, 3.8) is 0 Å². The molecule has 4 rings (SSSR count). The quantitative estimate of drug-likeness (QED) is 0.567. The maximum Gasteiger partial charge on any atom is 0.286 e. The first-order valence-electron chi connectivity index (χ1n) is 8.83. The molecule has 0 saturated carbocycles. The van der Waals surface area contributed by atoms with Gasteiger partial charge in [0, 0.05) is 21.2 Å². The zero-order valence-electron chi connectivity index (χ0n) is 15.7. The van der Waals surface area contributed by atoms with E-state index in [9.17, 15) is 8.42 Å². The molecule has 0 aromatic heterocycles. The van der Waals surface area contributed by atoms with Gasteiger partial charge >= 0.3 is 0 Å². The van der Waals surface area contributed by atoms with Crippen molar-refractivity contribution in [1.82, 2.24) is 0 Å². The average molecular weight is 463 g/mol. The Morgan fingerprint density at radius 3 is 2.57 bits per heavy atom. The van der Waals surface area contributed by atoms with Crippen molar-refractivity contribution in [2.75, 3.05) is 12.4 Å². The van der Waals surface area contributed by atoms with Crippen LogP contribution in [0.1, 0.15) is 11.1 Å². The van der Waals surface area contributed by atoms with E-state index in [2.05, 4.69) is 9.71 Å². The highest BCUT2D eigenvalue weighted by molar-refractivity contribution is 7.90. The van der Waals surface area contributed by atoms with Crippen LogP contribution in [0.4, 0.5) is 5.69 Å². The molecule has 6 nitrogen and oxygen atoms in total. The average Bonchev–Trinajstić information content (AvgIpc) is 2.72. The largest absolute Gasteiger partial charge is 0.493 e. The number of sulfonamides is 1. The molecule has 0 radical (unpaired) electrons. The summed E-state index contributed by atoms with van der Waals surface area (Å²) in [5.74, 6) is 1.12. The number of benzene rings is 3. The number of hydrogen-bond donors (Lipinski definition) is 1. The molecule has 154 valence electrons. The van der Waals surface area contributed by atoms with Crippen LogP contribution in [-0.2, 0) is 16.6 Å². The van der Waals surface area contributed by atoms with Crippen LogP contribution in [0.3, 0.4) is 0 Å². The molecule has 0 unspecified atom stereocenters. The van der Waals surface area contributed by atoms with Crippen LogP contribution in [-0.4, -0.2) is 21.4 Å². The molecule has 3 aromatic carbocycles. The Hall–Kier alpha value is -2.74. The number of amidine groups is 1. The number of ether oxygens (including phenoxy) is 2. The first kappa shape index (κ1) is 20.5. The minimum absolute atomic E-state index is 0.139. The van der Waals surface area contributed by atoms with Crippen LogP contribution >= 0.6 is 23.2 Å². The number of nitrogens with one attached hydrogen (secondary N) is 1. The van der Waals surface area contributed by atoms with Crippen molar-refractivity contribution in [3.8, 4) is 11.5 Å². The third-order valence-corrected chi connectivity index (χ3v) is 6.39. The maximum atomic E-state index is 12.5. The summed E-state index contributed by atoms with van der Waals surface area (Å²) in [5, 5.41) is 4.10. The first-order valence-corrected chi connectivity index (χ1v) is 11.0. The van der Waals surface area contributed by atoms with E-state index in [-0.39, 0.29) is 17.3 Å². The lowest BCUT2D eigenvalue weighted by molar-refractivity contribution is 0.284. The van der Waals surface area contributed by atoms with Gasteiger partial charge in [-0.3, -0.25) is 0 Å². The second kappa shape index (κ2) is 8.18. The number of nitrogens with zero attached hydrogens (tertiary/aromatic N) is 1. The van der Waals surface area contributed by atoms with Crippen LogP contribution in [0.5, 0.6) is 11.5 Å². The molecule has 3 aromatic rings. The van der Waals surface area contributed by atoms with Crippen molar-refractivity contribution in [3.05, 3.63) is 81.8 Å². The number of halogens is 2. The van der Waals surface area contributed by atoms with E-state index >= 15 is 0 Å². The Labute approximate surface area is 184 Å². The summed E-state index contributed by atoms with van der Waals surface area (Å²) < 4.78 is 40.1. The van der Waals surface area contributed by atoms with Gasteiger partial charge in [0.2, 0.25) is 0 Å². The van der Waals surface area contributed by atoms with Crippen molar-refractivity contribution in [2.24, 2.45) is 4.40 Å². The molecule has 0 aliphatic carbocycles. The Morgan fingerprint density at radius 1 is 1.00 bits per heavy atom. The number of hydrogen-bond acceptors (Lipinski definition) is 5. The molecule has 1 aliphatic rings. The van der Waals surface area contributed by atoms with Crippen molar-refractivity contribution >= 4 is 44.7 Å². The summed E-state index contributed by atoms with van der Waals surface area (Å²) in [6.07, 6.45) is 0. The molecule has 0 saturated heterocycles. The van der Waals surface area contributed by atoms with Crippen LogP contribution in [0.2, 0.25) is 10.0 Å². The predicted octanol–water partition coefficient (Wildman–Crippen LogP) is 5.14. The highest BCUT2D eigenvalue weighted by Crippen LogP contribution is 2.33. The zero-order valence-corrected chi connectivity index (χ0v) is 18.1. The lowest BCUT2D eigenvalue weighted by Crippen LogP contribution is -2.22. The second-order valence-corrected chi connectivity index (χ2v) is 8.84.